The summed E-state index contributed by atoms with van der Waals surface area (Å²) in [5.74, 6) is -1.36. The molecule has 0 aliphatic rings. The minimum Gasteiger partial charge on any atom is -0.456 e. The van der Waals surface area contributed by atoms with Gasteiger partial charge in [0.05, 0.1) is 13.2 Å². The maximum absolute atomic E-state index is 11.3. The average molecular weight is 294 g/mol. The van der Waals surface area contributed by atoms with Gasteiger partial charge in [0.15, 0.2) is 12.2 Å². The second-order valence-electron chi connectivity index (χ2n) is 4.11. The van der Waals surface area contributed by atoms with Crippen molar-refractivity contribution in [2.75, 3.05) is 13.2 Å². The van der Waals surface area contributed by atoms with Crippen LogP contribution in [-0.2, 0) is 19.1 Å². The molecule has 0 amide bonds. The highest BCUT2D eigenvalue weighted by molar-refractivity contribution is 5.70. The summed E-state index contributed by atoms with van der Waals surface area (Å²) < 4.78 is 9.74. The van der Waals surface area contributed by atoms with E-state index in [0.717, 1.165) is 0 Å². The summed E-state index contributed by atoms with van der Waals surface area (Å²) in [5.41, 5.74) is 0. The van der Waals surface area contributed by atoms with Gasteiger partial charge in [-0.2, -0.15) is 0 Å². The Hall–Kier alpha value is -1.22. The zero-order valence-corrected chi connectivity index (χ0v) is 11.6. The Bertz CT molecular complexity index is 306. The molecule has 4 atom stereocenters. The van der Waals surface area contributed by atoms with E-state index in [1.165, 1.54) is 13.8 Å². The van der Waals surface area contributed by atoms with Crippen LogP contribution in [0.3, 0.4) is 0 Å². The van der Waals surface area contributed by atoms with Crippen molar-refractivity contribution in [2.45, 2.75) is 51.1 Å². The van der Waals surface area contributed by atoms with Crippen LogP contribution in [0.1, 0.15) is 26.7 Å². The molecule has 0 rings (SSSR count). The second-order valence-corrected chi connectivity index (χ2v) is 4.11. The maximum atomic E-state index is 11.3. The standard InChI is InChI=1S/C12H22O8/c1-3-9(16)19-8(6-14)12(20-10(17)4-2)11(18)7(15)5-13/h7-8,11-15,18H,3-6H2,1-2H3/t7-,8+,11+,12+/m1/s1. The molecule has 0 spiro atoms. The van der Waals surface area contributed by atoms with Gasteiger partial charge < -0.3 is 29.9 Å². The molecule has 0 fully saturated rings. The predicted molar refractivity (Wildman–Crippen MR) is 66.5 cm³/mol. The van der Waals surface area contributed by atoms with Gasteiger partial charge in [0.25, 0.3) is 0 Å². The topological polar surface area (TPSA) is 134 Å². The highest BCUT2D eigenvalue weighted by atomic mass is 16.6. The van der Waals surface area contributed by atoms with E-state index >= 15 is 0 Å². The van der Waals surface area contributed by atoms with Crippen LogP contribution >= 0.6 is 0 Å². The molecule has 0 heterocycles. The molecule has 0 unspecified atom stereocenters. The first-order chi connectivity index (χ1) is 9.40. The number of rotatable bonds is 9. The van der Waals surface area contributed by atoms with Gasteiger partial charge in [0.2, 0.25) is 0 Å². The van der Waals surface area contributed by atoms with E-state index in [-0.39, 0.29) is 12.8 Å². The van der Waals surface area contributed by atoms with Gasteiger partial charge in [-0.05, 0) is 0 Å². The molecule has 0 saturated carbocycles. The summed E-state index contributed by atoms with van der Waals surface area (Å²) >= 11 is 0. The molecule has 20 heavy (non-hydrogen) atoms. The third-order valence-electron chi connectivity index (χ3n) is 2.59. The van der Waals surface area contributed by atoms with Crippen LogP contribution in [0, 0.1) is 0 Å². The first-order valence-electron chi connectivity index (χ1n) is 6.37. The number of hydrogen-bond donors (Lipinski definition) is 4. The Balaban J connectivity index is 5.04. The number of ether oxygens (including phenoxy) is 2. The van der Waals surface area contributed by atoms with Crippen LogP contribution in [0.2, 0.25) is 0 Å². The quantitative estimate of drug-likeness (QED) is 0.371. The molecular formula is C12H22O8. The molecule has 0 aromatic rings. The van der Waals surface area contributed by atoms with Crippen LogP contribution in [0.25, 0.3) is 0 Å². The molecule has 0 aliphatic carbocycles. The van der Waals surface area contributed by atoms with Crippen molar-refractivity contribution in [1.82, 2.24) is 0 Å². The Morgan fingerprint density at radius 1 is 0.950 bits per heavy atom. The molecule has 0 aromatic heterocycles. The first-order valence-corrected chi connectivity index (χ1v) is 6.37. The van der Waals surface area contributed by atoms with E-state index in [2.05, 4.69) is 0 Å². The number of esters is 2. The van der Waals surface area contributed by atoms with Gasteiger partial charge in [-0.25, -0.2) is 0 Å². The van der Waals surface area contributed by atoms with Crippen LogP contribution in [0.15, 0.2) is 0 Å². The zero-order valence-electron chi connectivity index (χ0n) is 11.6. The summed E-state index contributed by atoms with van der Waals surface area (Å²) in [4.78, 5) is 22.5. The fourth-order valence-electron chi connectivity index (χ4n) is 1.39. The lowest BCUT2D eigenvalue weighted by atomic mass is 10.0. The van der Waals surface area contributed by atoms with Gasteiger partial charge in [-0.1, -0.05) is 13.8 Å². The van der Waals surface area contributed by atoms with E-state index in [4.69, 9.17) is 14.6 Å². The molecular weight excluding hydrogens is 272 g/mol. The molecule has 8 nitrogen and oxygen atoms in total. The first kappa shape index (κ1) is 18.8. The summed E-state index contributed by atoms with van der Waals surface area (Å²) in [6.45, 7) is 1.56. The Morgan fingerprint density at radius 2 is 1.45 bits per heavy atom. The number of hydrogen-bond acceptors (Lipinski definition) is 8. The second kappa shape index (κ2) is 9.65. The highest BCUT2D eigenvalue weighted by Crippen LogP contribution is 2.14. The van der Waals surface area contributed by atoms with E-state index in [9.17, 15) is 24.9 Å². The van der Waals surface area contributed by atoms with Gasteiger partial charge in [-0.3, -0.25) is 9.59 Å². The van der Waals surface area contributed by atoms with Crippen molar-refractivity contribution in [2.24, 2.45) is 0 Å². The molecule has 0 bridgehead atoms. The normalized spacial score (nSPS) is 16.9. The Labute approximate surface area is 116 Å². The Morgan fingerprint density at radius 3 is 1.85 bits per heavy atom. The summed E-state index contributed by atoms with van der Waals surface area (Å²) in [6, 6.07) is 0. The number of aliphatic hydroxyl groups is 4. The lowest BCUT2D eigenvalue weighted by molar-refractivity contribution is -0.189. The predicted octanol–water partition coefficient (Wildman–Crippen LogP) is -1.66. The van der Waals surface area contributed by atoms with Gasteiger partial charge in [0.1, 0.15) is 12.2 Å². The fraction of sp³-hybridized carbons (Fsp3) is 0.833. The molecule has 8 heteroatoms. The van der Waals surface area contributed by atoms with Crippen LogP contribution in [-0.4, -0.2) is 70.0 Å². The third kappa shape index (κ3) is 5.83. The number of carbonyl (C=O) groups excluding carboxylic acids is 2. The largest absolute Gasteiger partial charge is 0.456 e. The molecule has 0 saturated heterocycles. The monoisotopic (exact) mass is 294 g/mol. The fourth-order valence-corrected chi connectivity index (χ4v) is 1.39. The molecule has 0 aromatic carbocycles. The lowest BCUT2D eigenvalue weighted by Crippen LogP contribution is -2.51. The van der Waals surface area contributed by atoms with E-state index < -0.39 is 49.6 Å². The maximum Gasteiger partial charge on any atom is 0.306 e. The van der Waals surface area contributed by atoms with Crippen molar-refractivity contribution in [3.63, 3.8) is 0 Å². The van der Waals surface area contributed by atoms with Crippen molar-refractivity contribution < 1.29 is 39.5 Å². The minimum absolute atomic E-state index is 0.00167. The molecule has 0 aliphatic heterocycles. The third-order valence-corrected chi connectivity index (χ3v) is 2.59. The summed E-state index contributed by atoms with van der Waals surface area (Å²) in [6.07, 6.45) is -6.06. The SMILES string of the molecule is CCC(=O)O[C@H]([C@@H](O)[C@H](O)CO)[C@H](CO)OC(=O)CC. The van der Waals surface area contributed by atoms with Crippen molar-refractivity contribution in [3.05, 3.63) is 0 Å². The van der Waals surface area contributed by atoms with Gasteiger partial charge in [-0.15, -0.1) is 0 Å². The smallest absolute Gasteiger partial charge is 0.306 e. The van der Waals surface area contributed by atoms with Crippen LogP contribution < -0.4 is 0 Å². The Kier molecular flexibility index (Phi) is 9.06. The van der Waals surface area contributed by atoms with Crippen molar-refractivity contribution in [3.8, 4) is 0 Å². The molecule has 0 radical (unpaired) electrons. The van der Waals surface area contributed by atoms with E-state index in [1.807, 2.05) is 0 Å². The van der Waals surface area contributed by atoms with Crippen LogP contribution in [0.4, 0.5) is 0 Å². The zero-order chi connectivity index (χ0) is 15.7. The van der Waals surface area contributed by atoms with Crippen LogP contribution in [0.5, 0.6) is 0 Å². The number of aliphatic hydroxyl groups excluding tert-OH is 4. The highest BCUT2D eigenvalue weighted by Gasteiger charge is 2.37. The minimum atomic E-state index is -1.70. The molecule has 4 N–H and O–H groups in total. The number of carbonyl (C=O) groups is 2. The lowest BCUT2D eigenvalue weighted by Gasteiger charge is -2.30. The van der Waals surface area contributed by atoms with Crippen molar-refractivity contribution in [1.29, 1.82) is 0 Å². The summed E-state index contributed by atoms with van der Waals surface area (Å²) in [5, 5.41) is 37.2. The van der Waals surface area contributed by atoms with Gasteiger partial charge in [0, 0.05) is 12.8 Å². The van der Waals surface area contributed by atoms with E-state index in [1.54, 1.807) is 0 Å². The molecule has 118 valence electrons. The van der Waals surface area contributed by atoms with E-state index in [0.29, 0.717) is 0 Å². The average Bonchev–Trinajstić information content (AvgIpc) is 2.48. The van der Waals surface area contributed by atoms with Crippen molar-refractivity contribution >= 4 is 11.9 Å². The summed E-state index contributed by atoms with van der Waals surface area (Å²) in [7, 11) is 0. The van der Waals surface area contributed by atoms with Gasteiger partial charge >= 0.3 is 11.9 Å².